The molecule has 1 aromatic carbocycles. The van der Waals surface area contributed by atoms with Crippen LogP contribution in [0.3, 0.4) is 0 Å². The average Bonchev–Trinajstić information content (AvgIpc) is 2.39. The number of ether oxygens (including phenoxy) is 1. The molecule has 0 unspecified atom stereocenters. The Labute approximate surface area is 109 Å². The molecule has 1 N–H and O–H groups in total. The van der Waals surface area contributed by atoms with Gasteiger partial charge >= 0.3 is 6.01 Å². The van der Waals surface area contributed by atoms with Crippen molar-refractivity contribution in [3.63, 3.8) is 0 Å². The van der Waals surface area contributed by atoms with Gasteiger partial charge in [0.25, 0.3) is 10.0 Å². The molecule has 0 atom stereocenters. The molecule has 6 nitrogen and oxygen atoms in total. The van der Waals surface area contributed by atoms with E-state index < -0.39 is 15.8 Å². The molecule has 2 aromatic rings. The van der Waals surface area contributed by atoms with Crippen molar-refractivity contribution in [3.05, 3.63) is 42.5 Å². The maximum atomic E-state index is 13.0. The molecular formula is C11H10FN3O3S. The molecule has 0 aliphatic carbocycles. The number of rotatable bonds is 4. The molecule has 0 aliphatic rings. The maximum Gasteiger partial charge on any atom is 0.316 e. The third kappa shape index (κ3) is 3.16. The first-order chi connectivity index (χ1) is 9.01. The standard InChI is InChI=1S/C11H10FN3O3S/c1-18-11-13-6-9(7-14-11)15-19(16,17)10-4-2-3-8(12)5-10/h2-7,15H,1H3. The van der Waals surface area contributed by atoms with Crippen molar-refractivity contribution in [1.29, 1.82) is 0 Å². The average molecular weight is 283 g/mol. The lowest BCUT2D eigenvalue weighted by atomic mass is 10.4. The molecular weight excluding hydrogens is 273 g/mol. The van der Waals surface area contributed by atoms with Gasteiger partial charge < -0.3 is 4.74 Å². The van der Waals surface area contributed by atoms with Gasteiger partial charge in [-0.2, -0.15) is 0 Å². The summed E-state index contributed by atoms with van der Waals surface area (Å²) in [5.41, 5.74) is 0.157. The van der Waals surface area contributed by atoms with E-state index in [1.165, 1.54) is 31.6 Å². The van der Waals surface area contributed by atoms with Crippen LogP contribution in [-0.4, -0.2) is 25.5 Å². The zero-order chi connectivity index (χ0) is 13.9. The van der Waals surface area contributed by atoms with Crippen molar-refractivity contribution in [3.8, 4) is 6.01 Å². The Hall–Kier alpha value is -2.22. The number of nitrogens with one attached hydrogen (secondary N) is 1. The number of hydrogen-bond acceptors (Lipinski definition) is 5. The summed E-state index contributed by atoms with van der Waals surface area (Å²) in [6.45, 7) is 0. The van der Waals surface area contributed by atoms with E-state index in [-0.39, 0.29) is 16.6 Å². The quantitative estimate of drug-likeness (QED) is 0.918. The topological polar surface area (TPSA) is 81.2 Å². The van der Waals surface area contributed by atoms with Gasteiger partial charge in [0.15, 0.2) is 0 Å². The summed E-state index contributed by atoms with van der Waals surface area (Å²) in [4.78, 5) is 7.34. The smallest absolute Gasteiger partial charge is 0.316 e. The lowest BCUT2D eigenvalue weighted by molar-refractivity contribution is 0.380. The number of nitrogens with zero attached hydrogens (tertiary/aromatic N) is 2. The normalized spacial score (nSPS) is 11.1. The summed E-state index contributed by atoms with van der Waals surface area (Å²) in [5, 5.41) is 0. The second kappa shape index (κ2) is 5.19. The number of aromatic nitrogens is 2. The fraction of sp³-hybridized carbons (Fsp3) is 0.0909. The SMILES string of the molecule is COc1ncc(NS(=O)(=O)c2cccc(F)c2)cn1. The van der Waals surface area contributed by atoms with Gasteiger partial charge in [-0.1, -0.05) is 6.07 Å². The van der Waals surface area contributed by atoms with Crippen LogP contribution in [0.15, 0.2) is 41.6 Å². The molecule has 0 spiro atoms. The summed E-state index contributed by atoms with van der Waals surface area (Å²) in [6, 6.07) is 4.81. The van der Waals surface area contributed by atoms with E-state index in [2.05, 4.69) is 14.7 Å². The van der Waals surface area contributed by atoms with Gasteiger partial charge in [0.1, 0.15) is 5.82 Å². The predicted octanol–water partition coefficient (Wildman–Crippen LogP) is 1.43. The molecule has 0 bridgehead atoms. The zero-order valence-electron chi connectivity index (χ0n) is 9.87. The number of hydrogen-bond donors (Lipinski definition) is 1. The van der Waals surface area contributed by atoms with Crippen molar-refractivity contribution < 1.29 is 17.5 Å². The second-order valence-corrected chi connectivity index (χ2v) is 5.20. The maximum absolute atomic E-state index is 13.0. The van der Waals surface area contributed by atoms with E-state index in [1.54, 1.807) is 0 Å². The lowest BCUT2D eigenvalue weighted by Crippen LogP contribution is -2.13. The third-order valence-corrected chi connectivity index (χ3v) is 3.55. The molecule has 0 saturated heterocycles. The summed E-state index contributed by atoms with van der Waals surface area (Å²) < 4.78 is 43.9. The van der Waals surface area contributed by atoms with Crippen LogP contribution in [0.2, 0.25) is 0 Å². The van der Waals surface area contributed by atoms with E-state index >= 15 is 0 Å². The molecule has 1 heterocycles. The Morgan fingerprint density at radius 2 is 1.95 bits per heavy atom. The highest BCUT2D eigenvalue weighted by Gasteiger charge is 2.15. The minimum absolute atomic E-state index is 0.119. The van der Waals surface area contributed by atoms with Crippen molar-refractivity contribution in [2.24, 2.45) is 0 Å². The first-order valence-electron chi connectivity index (χ1n) is 5.16. The highest BCUT2D eigenvalue weighted by Crippen LogP contribution is 2.16. The Balaban J connectivity index is 2.25. The minimum Gasteiger partial charge on any atom is -0.467 e. The molecule has 0 saturated carbocycles. The highest BCUT2D eigenvalue weighted by atomic mass is 32.2. The molecule has 100 valence electrons. The Morgan fingerprint density at radius 3 is 2.53 bits per heavy atom. The van der Waals surface area contributed by atoms with Gasteiger partial charge in [-0.25, -0.2) is 22.8 Å². The van der Waals surface area contributed by atoms with Gasteiger partial charge in [0, 0.05) is 0 Å². The molecule has 0 radical (unpaired) electrons. The van der Waals surface area contributed by atoms with Gasteiger partial charge in [-0.3, -0.25) is 4.72 Å². The number of halogens is 1. The number of methoxy groups -OCH3 is 1. The summed E-state index contributed by atoms with van der Waals surface area (Å²) >= 11 is 0. The van der Waals surface area contributed by atoms with Crippen LogP contribution in [0.25, 0.3) is 0 Å². The van der Waals surface area contributed by atoms with Crippen molar-refractivity contribution >= 4 is 15.7 Å². The van der Waals surface area contributed by atoms with Crippen molar-refractivity contribution in [2.45, 2.75) is 4.90 Å². The molecule has 0 aliphatic heterocycles. The van der Waals surface area contributed by atoms with E-state index in [0.29, 0.717) is 0 Å². The van der Waals surface area contributed by atoms with Crippen LogP contribution in [0.4, 0.5) is 10.1 Å². The lowest BCUT2D eigenvalue weighted by Gasteiger charge is -2.07. The number of sulfonamides is 1. The predicted molar refractivity (Wildman–Crippen MR) is 65.8 cm³/mol. The molecule has 0 fully saturated rings. The number of benzene rings is 1. The fourth-order valence-electron chi connectivity index (χ4n) is 1.32. The van der Waals surface area contributed by atoms with E-state index in [0.717, 1.165) is 12.1 Å². The van der Waals surface area contributed by atoms with E-state index in [9.17, 15) is 12.8 Å². The Morgan fingerprint density at radius 1 is 1.26 bits per heavy atom. The first kappa shape index (κ1) is 13.2. The Kier molecular flexibility index (Phi) is 3.61. The van der Waals surface area contributed by atoms with Crippen LogP contribution in [-0.2, 0) is 10.0 Å². The first-order valence-corrected chi connectivity index (χ1v) is 6.64. The summed E-state index contributed by atoms with van der Waals surface area (Å²) in [5.74, 6) is -0.631. The van der Waals surface area contributed by atoms with Crippen molar-refractivity contribution in [1.82, 2.24) is 9.97 Å². The third-order valence-electron chi connectivity index (χ3n) is 2.17. The van der Waals surface area contributed by atoms with Gasteiger partial charge in [-0.15, -0.1) is 0 Å². The van der Waals surface area contributed by atoms with Gasteiger partial charge in [0.2, 0.25) is 0 Å². The second-order valence-electron chi connectivity index (χ2n) is 3.52. The van der Waals surface area contributed by atoms with Gasteiger partial charge in [-0.05, 0) is 18.2 Å². The fourth-order valence-corrected chi connectivity index (χ4v) is 2.38. The molecule has 8 heteroatoms. The van der Waals surface area contributed by atoms with Crippen LogP contribution in [0.1, 0.15) is 0 Å². The summed E-state index contributed by atoms with van der Waals surface area (Å²) in [6.07, 6.45) is 2.51. The summed E-state index contributed by atoms with van der Waals surface area (Å²) in [7, 11) is -2.47. The van der Waals surface area contributed by atoms with Crippen LogP contribution < -0.4 is 9.46 Å². The molecule has 19 heavy (non-hydrogen) atoms. The Bertz CT molecular complexity index is 674. The largest absolute Gasteiger partial charge is 0.467 e. The zero-order valence-corrected chi connectivity index (χ0v) is 10.7. The monoisotopic (exact) mass is 283 g/mol. The van der Waals surface area contributed by atoms with E-state index in [1.807, 2.05) is 0 Å². The van der Waals surface area contributed by atoms with Crippen LogP contribution >= 0.6 is 0 Å². The van der Waals surface area contributed by atoms with Crippen LogP contribution in [0, 0.1) is 5.82 Å². The minimum atomic E-state index is -3.87. The highest BCUT2D eigenvalue weighted by molar-refractivity contribution is 7.92. The number of anilines is 1. The van der Waals surface area contributed by atoms with E-state index in [4.69, 9.17) is 4.74 Å². The van der Waals surface area contributed by atoms with Gasteiger partial charge in [0.05, 0.1) is 30.1 Å². The van der Waals surface area contributed by atoms with Crippen LogP contribution in [0.5, 0.6) is 6.01 Å². The molecule has 0 amide bonds. The molecule has 1 aromatic heterocycles. The molecule has 2 rings (SSSR count). The van der Waals surface area contributed by atoms with Crippen molar-refractivity contribution in [2.75, 3.05) is 11.8 Å².